The lowest BCUT2D eigenvalue weighted by Crippen LogP contribution is -2.36. The molecule has 370 valence electrons. The predicted molar refractivity (Wildman–Crippen MR) is 340 cm³/mol. The fourth-order valence-electron chi connectivity index (χ4n) is 17.3. The maximum Gasteiger partial charge on any atom is 0.194 e. The van der Waals surface area contributed by atoms with Crippen LogP contribution in [0.4, 0.5) is 0 Å². The summed E-state index contributed by atoms with van der Waals surface area (Å²) in [5.74, 6) is 0.149. The second-order valence-corrected chi connectivity index (χ2v) is 23.5. The van der Waals surface area contributed by atoms with E-state index < -0.39 is 10.8 Å². The molecule has 0 aromatic heterocycles. The van der Waals surface area contributed by atoms with Crippen molar-refractivity contribution in [2.24, 2.45) is 0 Å². The lowest BCUT2D eigenvalue weighted by molar-refractivity contribution is -0.122. The standard InChI is InChI=1S/C78H39ClO2/c79-43-37-35-40(36-38-43)58-66-61-48-27-11-12-28-49(48)62-67-59-52-31-15-18-34-55(52)75(80)57(59)39-56-46-25-7-10-26-47(46)60(64(56)67)68(69(61)62)63-50-29-13-14-30-51(50)65(70(63)66)74-73(58)77(41-19-3-1-4-20-41)71-53-32-16-8-23-44(53)45-24-9-17-33-54(45)72(71)78(74,76(77)81)42-21-5-2-6-22-42/h1-39H/t77-,78+/m1/s1. The largest absolute Gasteiger partial charge is 0.296 e. The molecule has 0 N–H and O–H groups in total. The van der Waals surface area contributed by atoms with Crippen molar-refractivity contribution < 1.29 is 4.79 Å². The molecule has 3 heteroatoms. The van der Waals surface area contributed by atoms with E-state index >= 15 is 4.79 Å². The van der Waals surface area contributed by atoms with Gasteiger partial charge in [0.2, 0.25) is 0 Å². The van der Waals surface area contributed by atoms with E-state index in [1.165, 1.54) is 37.7 Å². The number of carbonyl (C=O) groups excluding carboxylic acids is 1. The van der Waals surface area contributed by atoms with Crippen LogP contribution < -0.4 is 5.43 Å². The van der Waals surface area contributed by atoms with Gasteiger partial charge in [0.05, 0.1) is 0 Å². The number of hydrogen-bond acceptors (Lipinski definition) is 2. The Morgan fingerprint density at radius 3 is 1.11 bits per heavy atom. The molecule has 2 bridgehead atoms. The van der Waals surface area contributed by atoms with E-state index in [-0.39, 0.29) is 11.2 Å². The average molecular weight is 1040 g/mol. The smallest absolute Gasteiger partial charge is 0.194 e. The summed E-state index contributed by atoms with van der Waals surface area (Å²) in [6, 6.07) is 84.9. The SMILES string of the molecule is O=C1[C@@]2(c3ccccc3)c3c(c4c5ccccc5c5c4c(c3-c3ccc(Cl)cc3)c3c4ccccc4c4c6c7c(cc8c9ccccc9c(c86)c5c34)c(=O)c3ccccc37)[C@]1(c1ccccc1)c1c2c2ccccc2c2ccccc12. The van der Waals surface area contributed by atoms with Gasteiger partial charge in [0.1, 0.15) is 10.8 Å². The van der Waals surface area contributed by atoms with Crippen LogP contribution in [0.1, 0.15) is 33.4 Å². The Kier molecular flexibility index (Phi) is 7.65. The third-order valence-corrected chi connectivity index (χ3v) is 20.1. The van der Waals surface area contributed by atoms with Crippen molar-refractivity contribution in [3.8, 4) is 11.1 Å². The van der Waals surface area contributed by atoms with E-state index in [9.17, 15) is 4.79 Å². The zero-order valence-corrected chi connectivity index (χ0v) is 44.0. The molecular formula is C78H39ClO2. The Labute approximate surface area is 466 Å². The molecule has 18 aromatic rings. The van der Waals surface area contributed by atoms with E-state index in [1.54, 1.807) is 0 Å². The molecule has 0 heterocycles. The highest BCUT2D eigenvalue weighted by Crippen LogP contribution is 2.73. The first-order chi connectivity index (χ1) is 40.0. The van der Waals surface area contributed by atoms with E-state index in [0.717, 1.165) is 147 Å². The summed E-state index contributed by atoms with van der Waals surface area (Å²) in [5.41, 5.74) is 5.62. The molecule has 20 rings (SSSR count). The minimum atomic E-state index is -1.32. The van der Waals surface area contributed by atoms with Crippen LogP contribution in [0, 0.1) is 0 Å². The molecule has 0 radical (unpaired) electrons. The molecule has 0 unspecified atom stereocenters. The van der Waals surface area contributed by atoms with Crippen LogP contribution in [0.3, 0.4) is 0 Å². The molecule has 0 fully saturated rings. The second kappa shape index (κ2) is 14.4. The third kappa shape index (κ3) is 4.58. The highest BCUT2D eigenvalue weighted by Gasteiger charge is 2.72. The summed E-state index contributed by atoms with van der Waals surface area (Å²) in [7, 11) is 0. The first-order valence-corrected chi connectivity index (χ1v) is 28.4. The van der Waals surface area contributed by atoms with Crippen LogP contribution in [-0.2, 0) is 15.6 Å². The van der Waals surface area contributed by atoms with Crippen molar-refractivity contribution in [2.45, 2.75) is 10.8 Å². The van der Waals surface area contributed by atoms with Crippen molar-refractivity contribution in [3.63, 3.8) is 0 Å². The number of hydrogen-bond donors (Lipinski definition) is 0. The van der Waals surface area contributed by atoms with Crippen molar-refractivity contribution in [1.29, 1.82) is 0 Å². The summed E-state index contributed by atoms with van der Waals surface area (Å²) >= 11 is 7.02. The first kappa shape index (κ1) is 43.0. The van der Waals surface area contributed by atoms with Crippen LogP contribution in [-0.4, -0.2) is 5.78 Å². The predicted octanol–water partition coefficient (Wildman–Crippen LogP) is 19.7. The van der Waals surface area contributed by atoms with Gasteiger partial charge in [0.15, 0.2) is 11.2 Å². The number of Topliss-reactive ketones (excluding diaryl/α,β-unsaturated/α-hetero) is 1. The van der Waals surface area contributed by atoms with Crippen molar-refractivity contribution >= 4 is 157 Å². The molecule has 81 heavy (non-hydrogen) atoms. The topological polar surface area (TPSA) is 34.1 Å². The lowest BCUT2D eigenvalue weighted by Gasteiger charge is -2.37. The molecular weight excluding hydrogens is 1000 g/mol. The van der Waals surface area contributed by atoms with Crippen LogP contribution in [0.25, 0.3) is 151 Å². The fourth-order valence-corrected chi connectivity index (χ4v) is 17.4. The molecule has 2 aliphatic rings. The summed E-state index contributed by atoms with van der Waals surface area (Å²) in [4.78, 5) is 33.2. The minimum Gasteiger partial charge on any atom is -0.296 e. The Bertz CT molecular complexity index is 5990. The number of carbonyl (C=O) groups is 1. The molecule has 0 aliphatic heterocycles. The summed E-state index contributed by atoms with van der Waals surface area (Å²) in [5, 5.41) is 29.4. The maximum atomic E-state index is 18.2. The third-order valence-electron chi connectivity index (χ3n) is 19.8. The van der Waals surface area contributed by atoms with Gasteiger partial charge in [-0.1, -0.05) is 230 Å². The Hall–Kier alpha value is -9.99. The van der Waals surface area contributed by atoms with Crippen LogP contribution >= 0.6 is 11.6 Å². The van der Waals surface area contributed by atoms with Gasteiger partial charge >= 0.3 is 0 Å². The molecule has 0 amide bonds. The van der Waals surface area contributed by atoms with Gasteiger partial charge in [-0.3, -0.25) is 9.59 Å². The van der Waals surface area contributed by atoms with Crippen LogP contribution in [0.5, 0.6) is 0 Å². The van der Waals surface area contributed by atoms with Crippen molar-refractivity contribution in [3.05, 3.63) is 285 Å². The number of fused-ring (bicyclic) bond motifs is 31. The van der Waals surface area contributed by atoms with Crippen LogP contribution in [0.2, 0.25) is 5.02 Å². The Morgan fingerprint density at radius 1 is 0.247 bits per heavy atom. The van der Waals surface area contributed by atoms with Gasteiger partial charge in [0.25, 0.3) is 0 Å². The molecule has 2 atom stereocenters. The molecule has 0 spiro atoms. The molecule has 0 saturated carbocycles. The van der Waals surface area contributed by atoms with Gasteiger partial charge in [-0.05, 0) is 181 Å². The molecule has 0 saturated heterocycles. The van der Waals surface area contributed by atoms with E-state index in [4.69, 9.17) is 11.6 Å². The Balaban J connectivity index is 1.18. The molecule has 18 aromatic carbocycles. The maximum absolute atomic E-state index is 18.2. The van der Waals surface area contributed by atoms with Crippen molar-refractivity contribution in [2.75, 3.05) is 0 Å². The van der Waals surface area contributed by atoms with Gasteiger partial charge < -0.3 is 0 Å². The molecule has 2 aliphatic carbocycles. The van der Waals surface area contributed by atoms with E-state index in [1.807, 2.05) is 24.3 Å². The zero-order valence-electron chi connectivity index (χ0n) is 43.2. The zero-order chi connectivity index (χ0) is 52.9. The normalized spacial score (nSPS) is 17.1. The van der Waals surface area contributed by atoms with Gasteiger partial charge in [-0.15, -0.1) is 0 Å². The van der Waals surface area contributed by atoms with Gasteiger partial charge in [-0.25, -0.2) is 0 Å². The van der Waals surface area contributed by atoms with E-state index in [2.05, 4.69) is 212 Å². The fraction of sp³-hybridized carbons (Fsp3) is 0.0256. The second-order valence-electron chi connectivity index (χ2n) is 23.0. The number of rotatable bonds is 3. The van der Waals surface area contributed by atoms with E-state index in [0.29, 0.717) is 5.02 Å². The number of halogens is 1. The summed E-state index contributed by atoms with van der Waals surface area (Å²) < 4.78 is 0. The monoisotopic (exact) mass is 1040 g/mol. The summed E-state index contributed by atoms with van der Waals surface area (Å²) in [6.07, 6.45) is 0. The number of ketones is 1. The highest BCUT2D eigenvalue weighted by molar-refractivity contribution is 6.60. The first-order valence-electron chi connectivity index (χ1n) is 28.0. The van der Waals surface area contributed by atoms with Gasteiger partial charge in [-0.2, -0.15) is 0 Å². The summed E-state index contributed by atoms with van der Waals surface area (Å²) in [6.45, 7) is 0. The average Bonchev–Trinajstić information content (AvgIpc) is 2.92. The van der Waals surface area contributed by atoms with Crippen molar-refractivity contribution in [1.82, 2.24) is 0 Å². The highest BCUT2D eigenvalue weighted by atomic mass is 35.5. The van der Waals surface area contributed by atoms with Gasteiger partial charge in [0, 0.05) is 26.6 Å². The quantitative estimate of drug-likeness (QED) is 0.131. The lowest BCUT2D eigenvalue weighted by atomic mass is 9.62. The minimum absolute atomic E-state index is 0.0682. The number of benzene rings is 14. The molecule has 2 nitrogen and oxygen atoms in total. The van der Waals surface area contributed by atoms with Crippen LogP contribution in [0.15, 0.2) is 241 Å². The Morgan fingerprint density at radius 2 is 0.593 bits per heavy atom.